The van der Waals surface area contributed by atoms with Gasteiger partial charge in [-0.25, -0.2) is 0 Å². The van der Waals surface area contributed by atoms with Crippen LogP contribution in [0.3, 0.4) is 0 Å². The Hall–Kier alpha value is -1.50. The lowest BCUT2D eigenvalue weighted by Crippen LogP contribution is -2.09. The molecule has 0 unspecified atom stereocenters. The second-order valence-electron chi connectivity index (χ2n) is 3.72. The predicted molar refractivity (Wildman–Crippen MR) is 66.2 cm³/mol. The first-order valence-electron chi connectivity index (χ1n) is 5.75. The molecule has 0 bridgehead atoms. The Morgan fingerprint density at radius 1 is 1.41 bits per heavy atom. The maximum Gasteiger partial charge on any atom is 0.236 e. The highest BCUT2D eigenvalue weighted by Crippen LogP contribution is 2.19. The number of aromatic nitrogens is 4. The third kappa shape index (κ3) is 2.60. The molecule has 92 valence electrons. The molecule has 6 nitrogen and oxygen atoms in total. The fourth-order valence-corrected chi connectivity index (χ4v) is 2.18. The Bertz CT molecular complexity index is 518. The number of hydrogen-bond acceptors (Lipinski definition) is 5. The van der Waals surface area contributed by atoms with Gasteiger partial charge in [0.15, 0.2) is 5.82 Å². The van der Waals surface area contributed by atoms with Crippen molar-refractivity contribution >= 4 is 27.3 Å². The third-order valence-electron chi connectivity index (χ3n) is 2.38. The first-order valence-corrected chi connectivity index (χ1v) is 6.57. The summed E-state index contributed by atoms with van der Waals surface area (Å²) in [5, 5.41) is 15.7. The van der Waals surface area contributed by atoms with Gasteiger partial charge in [0.05, 0.1) is 0 Å². The third-order valence-corrected chi connectivity index (χ3v) is 3.19. The van der Waals surface area contributed by atoms with E-state index in [1.54, 1.807) is 4.52 Å². The topological polar surface area (TPSA) is 72.2 Å². The van der Waals surface area contributed by atoms with Crippen LogP contribution in [0, 0.1) is 0 Å². The highest BCUT2D eigenvalue weighted by Gasteiger charge is 2.12. The molecule has 1 amide bonds. The van der Waals surface area contributed by atoms with Crippen molar-refractivity contribution < 1.29 is 4.79 Å². The van der Waals surface area contributed by atoms with E-state index < -0.39 is 0 Å². The van der Waals surface area contributed by atoms with Crippen LogP contribution in [0.25, 0.3) is 4.96 Å². The van der Waals surface area contributed by atoms with E-state index in [2.05, 4.69) is 27.5 Å². The smallest absolute Gasteiger partial charge is 0.236 e. The SMILES string of the molecule is CCCCc1nnc2sc(NC(=O)CC)nn12. The number of carbonyl (C=O) groups excluding carboxylic acids is 1. The molecule has 0 saturated heterocycles. The minimum Gasteiger partial charge on any atom is -0.301 e. The number of anilines is 1. The van der Waals surface area contributed by atoms with Gasteiger partial charge < -0.3 is 5.32 Å². The largest absolute Gasteiger partial charge is 0.301 e. The van der Waals surface area contributed by atoms with E-state index in [0.29, 0.717) is 11.6 Å². The summed E-state index contributed by atoms with van der Waals surface area (Å²) in [6.07, 6.45) is 3.48. The van der Waals surface area contributed by atoms with Gasteiger partial charge in [0.25, 0.3) is 0 Å². The van der Waals surface area contributed by atoms with Crippen LogP contribution in [-0.2, 0) is 11.2 Å². The van der Waals surface area contributed by atoms with Crippen LogP contribution >= 0.6 is 11.3 Å². The summed E-state index contributed by atoms with van der Waals surface area (Å²) in [5.74, 6) is 0.820. The second kappa shape index (κ2) is 5.22. The van der Waals surface area contributed by atoms with Crippen molar-refractivity contribution in [2.75, 3.05) is 5.32 Å². The molecule has 2 aromatic rings. The van der Waals surface area contributed by atoms with Crippen LogP contribution in [0.4, 0.5) is 5.13 Å². The molecule has 0 fully saturated rings. The van der Waals surface area contributed by atoms with Gasteiger partial charge in [-0.15, -0.1) is 15.3 Å². The van der Waals surface area contributed by atoms with Crippen molar-refractivity contribution in [3.05, 3.63) is 5.82 Å². The lowest BCUT2D eigenvalue weighted by molar-refractivity contribution is -0.115. The van der Waals surface area contributed by atoms with Gasteiger partial charge in [-0.1, -0.05) is 31.6 Å². The van der Waals surface area contributed by atoms with Crippen LogP contribution in [0.5, 0.6) is 0 Å². The monoisotopic (exact) mass is 253 g/mol. The van der Waals surface area contributed by atoms with Gasteiger partial charge in [0.2, 0.25) is 16.0 Å². The lowest BCUT2D eigenvalue weighted by Gasteiger charge is -1.96. The predicted octanol–water partition coefficient (Wildman–Crippen LogP) is 1.88. The number of aryl methyl sites for hydroxylation is 1. The molecule has 0 aliphatic rings. The zero-order valence-corrected chi connectivity index (χ0v) is 10.8. The van der Waals surface area contributed by atoms with Gasteiger partial charge in [0, 0.05) is 12.8 Å². The van der Waals surface area contributed by atoms with Crippen LogP contribution < -0.4 is 5.32 Å². The van der Waals surface area contributed by atoms with Crippen molar-refractivity contribution in [2.45, 2.75) is 39.5 Å². The summed E-state index contributed by atoms with van der Waals surface area (Å²) >= 11 is 1.34. The number of nitrogens with zero attached hydrogens (tertiary/aromatic N) is 4. The Labute approximate surface area is 103 Å². The molecule has 0 aliphatic carbocycles. The quantitative estimate of drug-likeness (QED) is 0.883. The molecular weight excluding hydrogens is 238 g/mol. The van der Waals surface area contributed by atoms with E-state index in [4.69, 9.17) is 0 Å². The number of amides is 1. The van der Waals surface area contributed by atoms with E-state index in [1.807, 2.05) is 6.92 Å². The van der Waals surface area contributed by atoms with Gasteiger partial charge >= 0.3 is 0 Å². The molecule has 0 spiro atoms. The van der Waals surface area contributed by atoms with Crippen LogP contribution in [-0.4, -0.2) is 25.7 Å². The molecule has 0 atom stereocenters. The first-order chi connectivity index (χ1) is 8.24. The van der Waals surface area contributed by atoms with Crippen molar-refractivity contribution in [2.24, 2.45) is 0 Å². The summed E-state index contributed by atoms with van der Waals surface area (Å²) in [6, 6.07) is 0. The highest BCUT2D eigenvalue weighted by molar-refractivity contribution is 7.20. The summed E-state index contributed by atoms with van der Waals surface area (Å²) in [4.78, 5) is 12.0. The fraction of sp³-hybridized carbons (Fsp3) is 0.600. The average molecular weight is 253 g/mol. The van der Waals surface area contributed by atoms with Crippen molar-refractivity contribution in [3.8, 4) is 0 Å². The van der Waals surface area contributed by atoms with Gasteiger partial charge in [-0.05, 0) is 6.42 Å². The van der Waals surface area contributed by atoms with E-state index in [1.165, 1.54) is 11.3 Å². The summed E-state index contributed by atoms with van der Waals surface area (Å²) in [6.45, 7) is 3.94. The number of unbranched alkanes of at least 4 members (excludes halogenated alkanes) is 1. The minimum absolute atomic E-state index is 0.0370. The molecule has 17 heavy (non-hydrogen) atoms. The van der Waals surface area contributed by atoms with E-state index >= 15 is 0 Å². The van der Waals surface area contributed by atoms with Crippen molar-refractivity contribution in [1.29, 1.82) is 0 Å². The Morgan fingerprint density at radius 2 is 2.24 bits per heavy atom. The maximum absolute atomic E-state index is 11.2. The average Bonchev–Trinajstić information content (AvgIpc) is 2.86. The Balaban J connectivity index is 2.19. The summed E-state index contributed by atoms with van der Waals surface area (Å²) in [5.41, 5.74) is 0. The summed E-state index contributed by atoms with van der Waals surface area (Å²) in [7, 11) is 0. The highest BCUT2D eigenvalue weighted by atomic mass is 32.1. The number of fused-ring (bicyclic) bond motifs is 1. The van der Waals surface area contributed by atoms with Crippen LogP contribution in [0.1, 0.15) is 38.9 Å². The Morgan fingerprint density at radius 3 is 2.94 bits per heavy atom. The molecule has 0 saturated carbocycles. The number of carbonyl (C=O) groups is 1. The van der Waals surface area contributed by atoms with Crippen LogP contribution in [0.2, 0.25) is 0 Å². The molecule has 0 aliphatic heterocycles. The number of hydrogen-bond donors (Lipinski definition) is 1. The molecule has 2 heterocycles. The van der Waals surface area contributed by atoms with E-state index in [9.17, 15) is 4.79 Å². The zero-order chi connectivity index (χ0) is 12.3. The van der Waals surface area contributed by atoms with Crippen molar-refractivity contribution in [3.63, 3.8) is 0 Å². The molecule has 2 aromatic heterocycles. The maximum atomic E-state index is 11.2. The fourth-order valence-electron chi connectivity index (χ4n) is 1.41. The Kier molecular flexibility index (Phi) is 3.68. The van der Waals surface area contributed by atoms with Crippen molar-refractivity contribution in [1.82, 2.24) is 19.8 Å². The number of nitrogens with one attached hydrogen (secondary N) is 1. The first kappa shape index (κ1) is 12.0. The molecule has 0 radical (unpaired) electrons. The molecular formula is C10H15N5OS. The molecule has 2 rings (SSSR count). The lowest BCUT2D eigenvalue weighted by atomic mass is 10.2. The van der Waals surface area contributed by atoms with Gasteiger partial charge in [-0.2, -0.15) is 4.52 Å². The van der Waals surface area contributed by atoms with Gasteiger partial charge in [0.1, 0.15) is 0 Å². The summed E-state index contributed by atoms with van der Waals surface area (Å²) < 4.78 is 1.71. The number of rotatable bonds is 5. The molecule has 7 heteroatoms. The molecule has 1 N–H and O–H groups in total. The van der Waals surface area contributed by atoms with Gasteiger partial charge in [-0.3, -0.25) is 4.79 Å². The van der Waals surface area contributed by atoms with E-state index in [-0.39, 0.29) is 5.91 Å². The second-order valence-corrected chi connectivity index (χ2v) is 4.68. The molecule has 0 aromatic carbocycles. The van der Waals surface area contributed by atoms with E-state index in [0.717, 1.165) is 30.0 Å². The van der Waals surface area contributed by atoms with Crippen LogP contribution in [0.15, 0.2) is 0 Å². The normalized spacial score (nSPS) is 10.9. The zero-order valence-electron chi connectivity index (χ0n) is 9.93. The standard InChI is InChI=1S/C10H15N5OS/c1-3-5-6-7-12-13-10-15(7)14-9(17-10)11-8(16)4-2/h3-6H2,1-2H3,(H,11,14,16). The minimum atomic E-state index is -0.0370.